The van der Waals surface area contributed by atoms with Gasteiger partial charge in [-0.25, -0.2) is 4.79 Å². The SMILES string of the molecule is NCc1ccc(OC2CCOC2=O)c(Br)c1. The normalized spacial score (nSPS) is 19.6. The third-order valence-electron chi connectivity index (χ3n) is 2.39. The number of rotatable bonds is 3. The van der Waals surface area contributed by atoms with Crippen molar-refractivity contribution in [1.29, 1.82) is 0 Å². The summed E-state index contributed by atoms with van der Waals surface area (Å²) in [4.78, 5) is 11.2. The highest BCUT2D eigenvalue weighted by molar-refractivity contribution is 9.10. The van der Waals surface area contributed by atoms with Crippen LogP contribution in [0.25, 0.3) is 0 Å². The van der Waals surface area contributed by atoms with Crippen LogP contribution in [0, 0.1) is 0 Å². The number of esters is 1. The molecule has 2 N–H and O–H groups in total. The quantitative estimate of drug-likeness (QED) is 0.857. The Morgan fingerprint density at radius 3 is 2.94 bits per heavy atom. The molecule has 0 aromatic heterocycles. The van der Waals surface area contributed by atoms with Crippen LogP contribution in [0.15, 0.2) is 22.7 Å². The van der Waals surface area contributed by atoms with E-state index in [0.717, 1.165) is 10.0 Å². The summed E-state index contributed by atoms with van der Waals surface area (Å²) in [5.74, 6) is 0.343. The predicted molar refractivity (Wildman–Crippen MR) is 62.0 cm³/mol. The van der Waals surface area contributed by atoms with E-state index in [2.05, 4.69) is 15.9 Å². The van der Waals surface area contributed by atoms with Gasteiger partial charge in [0.05, 0.1) is 11.1 Å². The molecule has 1 heterocycles. The van der Waals surface area contributed by atoms with Crippen molar-refractivity contribution in [2.24, 2.45) is 5.73 Å². The lowest BCUT2D eigenvalue weighted by molar-refractivity contribution is -0.143. The largest absolute Gasteiger partial charge is 0.477 e. The van der Waals surface area contributed by atoms with E-state index >= 15 is 0 Å². The standard InChI is InChI=1S/C11H12BrNO3/c12-8-5-7(6-13)1-2-9(8)16-10-3-4-15-11(10)14/h1-2,5,10H,3-4,6,13H2. The molecule has 16 heavy (non-hydrogen) atoms. The summed E-state index contributed by atoms with van der Waals surface area (Å²) in [5.41, 5.74) is 6.53. The molecule has 1 aromatic rings. The smallest absolute Gasteiger partial charge is 0.347 e. The lowest BCUT2D eigenvalue weighted by Crippen LogP contribution is -2.21. The highest BCUT2D eigenvalue weighted by Crippen LogP contribution is 2.28. The second-order valence-corrected chi connectivity index (χ2v) is 4.39. The maximum absolute atomic E-state index is 11.2. The van der Waals surface area contributed by atoms with Gasteiger partial charge in [-0.05, 0) is 33.6 Å². The number of ether oxygens (including phenoxy) is 2. The molecule has 0 spiro atoms. The Labute approximate surface area is 102 Å². The summed E-state index contributed by atoms with van der Waals surface area (Å²) in [6.45, 7) is 0.909. The molecule has 0 bridgehead atoms. The van der Waals surface area contributed by atoms with Crippen LogP contribution in [0.2, 0.25) is 0 Å². The molecule has 2 rings (SSSR count). The van der Waals surface area contributed by atoms with Gasteiger partial charge in [-0.3, -0.25) is 0 Å². The van der Waals surface area contributed by atoms with Crippen LogP contribution in [0.4, 0.5) is 0 Å². The van der Waals surface area contributed by atoms with Crippen LogP contribution in [-0.4, -0.2) is 18.7 Å². The topological polar surface area (TPSA) is 61.6 Å². The minimum atomic E-state index is -0.486. The summed E-state index contributed by atoms with van der Waals surface area (Å²) in [5, 5.41) is 0. The first-order valence-electron chi connectivity index (χ1n) is 5.02. The molecule has 1 aromatic carbocycles. The fraction of sp³-hybridized carbons (Fsp3) is 0.364. The summed E-state index contributed by atoms with van der Waals surface area (Å²) in [6.07, 6.45) is 0.115. The Morgan fingerprint density at radius 1 is 1.56 bits per heavy atom. The van der Waals surface area contributed by atoms with Crippen molar-refractivity contribution in [3.05, 3.63) is 28.2 Å². The monoisotopic (exact) mass is 285 g/mol. The molecule has 1 aliphatic heterocycles. The third kappa shape index (κ3) is 2.36. The van der Waals surface area contributed by atoms with E-state index in [1.807, 2.05) is 12.1 Å². The number of halogens is 1. The Balaban J connectivity index is 2.12. The molecule has 0 radical (unpaired) electrons. The first-order valence-corrected chi connectivity index (χ1v) is 5.82. The van der Waals surface area contributed by atoms with Gasteiger partial charge in [0.15, 0.2) is 6.10 Å². The number of carbonyl (C=O) groups excluding carboxylic acids is 1. The van der Waals surface area contributed by atoms with Crippen molar-refractivity contribution in [3.8, 4) is 5.75 Å². The Bertz CT molecular complexity index is 408. The number of benzene rings is 1. The molecule has 1 atom stereocenters. The Morgan fingerprint density at radius 2 is 2.38 bits per heavy atom. The van der Waals surface area contributed by atoms with E-state index in [1.165, 1.54) is 0 Å². The second kappa shape index (κ2) is 4.84. The third-order valence-corrected chi connectivity index (χ3v) is 3.01. The van der Waals surface area contributed by atoms with Crippen LogP contribution in [0.5, 0.6) is 5.75 Å². The lowest BCUT2D eigenvalue weighted by Gasteiger charge is -2.12. The highest BCUT2D eigenvalue weighted by atomic mass is 79.9. The predicted octanol–water partition coefficient (Wildman–Crippen LogP) is 1.60. The number of hydrogen-bond donors (Lipinski definition) is 1. The zero-order valence-electron chi connectivity index (χ0n) is 8.61. The van der Waals surface area contributed by atoms with Gasteiger partial charge < -0.3 is 15.2 Å². The average Bonchev–Trinajstić information content (AvgIpc) is 2.67. The Kier molecular flexibility index (Phi) is 3.46. The van der Waals surface area contributed by atoms with Crippen LogP contribution in [0.1, 0.15) is 12.0 Å². The molecule has 4 nitrogen and oxygen atoms in total. The molecule has 0 saturated carbocycles. The molecular formula is C11H12BrNO3. The fourth-order valence-electron chi connectivity index (χ4n) is 1.50. The van der Waals surface area contributed by atoms with Gasteiger partial charge in [0.1, 0.15) is 5.75 Å². The lowest BCUT2D eigenvalue weighted by atomic mass is 10.2. The zero-order valence-corrected chi connectivity index (χ0v) is 10.2. The summed E-state index contributed by atoms with van der Waals surface area (Å²) >= 11 is 3.38. The number of carbonyl (C=O) groups is 1. The molecule has 1 aliphatic rings. The van der Waals surface area contributed by atoms with Crippen molar-refractivity contribution in [3.63, 3.8) is 0 Å². The van der Waals surface area contributed by atoms with Gasteiger partial charge in [0.25, 0.3) is 0 Å². The van der Waals surface area contributed by atoms with Crippen molar-refractivity contribution in [2.45, 2.75) is 19.1 Å². The fourth-order valence-corrected chi connectivity index (χ4v) is 2.02. The molecule has 5 heteroatoms. The van der Waals surface area contributed by atoms with Crippen LogP contribution >= 0.6 is 15.9 Å². The second-order valence-electron chi connectivity index (χ2n) is 3.53. The van der Waals surface area contributed by atoms with Crippen LogP contribution in [0.3, 0.4) is 0 Å². The van der Waals surface area contributed by atoms with Gasteiger partial charge in [0, 0.05) is 13.0 Å². The number of nitrogens with two attached hydrogens (primary N) is 1. The summed E-state index contributed by atoms with van der Waals surface area (Å²) < 4.78 is 11.2. The minimum Gasteiger partial charge on any atom is -0.477 e. The maximum atomic E-state index is 11.2. The van der Waals surface area contributed by atoms with E-state index in [9.17, 15) is 4.79 Å². The van der Waals surface area contributed by atoms with Crippen molar-refractivity contribution >= 4 is 21.9 Å². The molecule has 1 saturated heterocycles. The van der Waals surface area contributed by atoms with Crippen molar-refractivity contribution < 1.29 is 14.3 Å². The van der Waals surface area contributed by atoms with Crippen LogP contribution < -0.4 is 10.5 Å². The summed E-state index contributed by atoms with van der Waals surface area (Å²) in [6, 6.07) is 5.56. The van der Waals surface area contributed by atoms with E-state index in [-0.39, 0.29) is 5.97 Å². The molecule has 86 valence electrons. The molecule has 0 amide bonds. The van der Waals surface area contributed by atoms with Gasteiger partial charge in [-0.1, -0.05) is 6.07 Å². The van der Waals surface area contributed by atoms with E-state index in [0.29, 0.717) is 25.3 Å². The van der Waals surface area contributed by atoms with Crippen LogP contribution in [-0.2, 0) is 16.1 Å². The maximum Gasteiger partial charge on any atom is 0.347 e. The average molecular weight is 286 g/mol. The number of cyclic esters (lactones) is 1. The molecule has 1 fully saturated rings. The highest BCUT2D eigenvalue weighted by Gasteiger charge is 2.28. The van der Waals surface area contributed by atoms with Gasteiger partial charge >= 0.3 is 5.97 Å². The van der Waals surface area contributed by atoms with E-state index in [1.54, 1.807) is 6.07 Å². The van der Waals surface area contributed by atoms with Gasteiger partial charge in [0.2, 0.25) is 0 Å². The first kappa shape index (κ1) is 11.4. The number of hydrogen-bond acceptors (Lipinski definition) is 4. The molecular weight excluding hydrogens is 274 g/mol. The minimum absolute atomic E-state index is 0.296. The van der Waals surface area contributed by atoms with E-state index < -0.39 is 6.10 Å². The van der Waals surface area contributed by atoms with Gasteiger partial charge in [-0.15, -0.1) is 0 Å². The van der Waals surface area contributed by atoms with E-state index in [4.69, 9.17) is 15.2 Å². The molecule has 1 unspecified atom stereocenters. The van der Waals surface area contributed by atoms with Crippen molar-refractivity contribution in [1.82, 2.24) is 0 Å². The van der Waals surface area contributed by atoms with Gasteiger partial charge in [-0.2, -0.15) is 0 Å². The Hall–Kier alpha value is -1.07. The first-order chi connectivity index (χ1) is 7.70. The van der Waals surface area contributed by atoms with Crippen molar-refractivity contribution in [2.75, 3.05) is 6.61 Å². The summed E-state index contributed by atoms with van der Waals surface area (Å²) in [7, 11) is 0. The molecule has 0 aliphatic carbocycles. The zero-order chi connectivity index (χ0) is 11.5.